The minimum atomic E-state index is 0.892. The standard InChI is InChI=1S/C8H11NS/c1-2-3-8(9)7-4-5-10-6-7/h3-6H,2,9H2,1H3. The minimum Gasteiger partial charge on any atom is -0.398 e. The molecule has 1 rings (SSSR count). The van der Waals surface area contributed by atoms with Crippen molar-refractivity contribution in [3.05, 3.63) is 28.5 Å². The van der Waals surface area contributed by atoms with E-state index in [2.05, 4.69) is 12.3 Å². The number of allylic oxidation sites excluding steroid dienone is 1. The maximum Gasteiger partial charge on any atom is 0.0355 e. The molecule has 54 valence electrons. The van der Waals surface area contributed by atoms with Crippen LogP contribution in [0.3, 0.4) is 0 Å². The number of hydrogen-bond acceptors (Lipinski definition) is 2. The molecule has 0 radical (unpaired) electrons. The van der Waals surface area contributed by atoms with Crippen LogP contribution in [0.2, 0.25) is 0 Å². The van der Waals surface area contributed by atoms with E-state index >= 15 is 0 Å². The van der Waals surface area contributed by atoms with Crippen LogP contribution >= 0.6 is 11.3 Å². The molecule has 0 amide bonds. The predicted molar refractivity (Wildman–Crippen MR) is 46.8 cm³/mol. The monoisotopic (exact) mass is 153 g/mol. The van der Waals surface area contributed by atoms with E-state index in [9.17, 15) is 0 Å². The van der Waals surface area contributed by atoms with Crippen LogP contribution in [-0.4, -0.2) is 0 Å². The van der Waals surface area contributed by atoms with Crippen LogP contribution in [0.25, 0.3) is 5.70 Å². The van der Waals surface area contributed by atoms with Gasteiger partial charge in [0.2, 0.25) is 0 Å². The lowest BCUT2D eigenvalue weighted by atomic mass is 10.2. The summed E-state index contributed by atoms with van der Waals surface area (Å²) in [4.78, 5) is 0. The van der Waals surface area contributed by atoms with E-state index in [4.69, 9.17) is 5.73 Å². The summed E-state index contributed by atoms with van der Waals surface area (Å²) in [5.74, 6) is 0. The predicted octanol–water partition coefficient (Wildman–Crippen LogP) is 2.46. The Hall–Kier alpha value is -0.760. The summed E-state index contributed by atoms with van der Waals surface area (Å²) in [6.07, 6.45) is 3.03. The number of hydrogen-bond donors (Lipinski definition) is 1. The van der Waals surface area contributed by atoms with Crippen LogP contribution in [0.1, 0.15) is 18.9 Å². The van der Waals surface area contributed by atoms with Crippen molar-refractivity contribution in [2.75, 3.05) is 0 Å². The van der Waals surface area contributed by atoms with Gasteiger partial charge in [-0.3, -0.25) is 0 Å². The van der Waals surface area contributed by atoms with Crippen molar-refractivity contribution in [2.45, 2.75) is 13.3 Å². The fourth-order valence-electron chi connectivity index (χ4n) is 0.766. The normalized spacial score (nSPS) is 11.9. The Bertz CT molecular complexity index is 211. The first-order valence-electron chi connectivity index (χ1n) is 3.32. The zero-order chi connectivity index (χ0) is 7.40. The second-order valence-electron chi connectivity index (χ2n) is 2.08. The fourth-order valence-corrected chi connectivity index (χ4v) is 1.43. The maximum atomic E-state index is 5.72. The number of rotatable bonds is 2. The van der Waals surface area contributed by atoms with Gasteiger partial charge in [0.25, 0.3) is 0 Å². The van der Waals surface area contributed by atoms with Crippen molar-refractivity contribution in [1.29, 1.82) is 0 Å². The van der Waals surface area contributed by atoms with Crippen LogP contribution in [0.15, 0.2) is 22.9 Å². The van der Waals surface area contributed by atoms with Crippen LogP contribution in [0.4, 0.5) is 0 Å². The molecule has 2 heteroatoms. The molecule has 0 bridgehead atoms. The van der Waals surface area contributed by atoms with Gasteiger partial charge in [0.15, 0.2) is 0 Å². The molecule has 1 nitrogen and oxygen atoms in total. The molecule has 1 aromatic rings. The Morgan fingerprint density at radius 2 is 2.60 bits per heavy atom. The first-order chi connectivity index (χ1) is 4.84. The molecule has 1 aromatic heterocycles. The first kappa shape index (κ1) is 7.35. The Labute approximate surface area is 65.2 Å². The number of nitrogens with two attached hydrogens (primary N) is 1. The third kappa shape index (κ3) is 1.61. The molecule has 2 N–H and O–H groups in total. The lowest BCUT2D eigenvalue weighted by molar-refractivity contribution is 1.22. The average Bonchev–Trinajstić information content (AvgIpc) is 2.38. The topological polar surface area (TPSA) is 26.0 Å². The van der Waals surface area contributed by atoms with E-state index < -0.39 is 0 Å². The molecule has 0 spiro atoms. The van der Waals surface area contributed by atoms with E-state index in [1.807, 2.05) is 17.5 Å². The van der Waals surface area contributed by atoms with Crippen LogP contribution in [0, 0.1) is 0 Å². The third-order valence-corrected chi connectivity index (χ3v) is 1.96. The van der Waals surface area contributed by atoms with Gasteiger partial charge in [-0.05, 0) is 23.2 Å². The molecule has 0 fully saturated rings. The Morgan fingerprint density at radius 3 is 3.10 bits per heavy atom. The van der Waals surface area contributed by atoms with Crippen molar-refractivity contribution in [1.82, 2.24) is 0 Å². The Kier molecular flexibility index (Phi) is 2.51. The summed E-state index contributed by atoms with van der Waals surface area (Å²) in [5, 5.41) is 4.09. The average molecular weight is 153 g/mol. The van der Waals surface area contributed by atoms with Crippen molar-refractivity contribution in [3.63, 3.8) is 0 Å². The van der Waals surface area contributed by atoms with Gasteiger partial charge < -0.3 is 5.73 Å². The highest BCUT2D eigenvalue weighted by Gasteiger charge is 1.92. The fraction of sp³-hybridized carbons (Fsp3) is 0.250. The van der Waals surface area contributed by atoms with Gasteiger partial charge >= 0.3 is 0 Å². The van der Waals surface area contributed by atoms with E-state index in [1.165, 1.54) is 0 Å². The second-order valence-corrected chi connectivity index (χ2v) is 2.86. The van der Waals surface area contributed by atoms with Crippen LogP contribution < -0.4 is 5.73 Å². The Morgan fingerprint density at radius 1 is 1.80 bits per heavy atom. The molecule has 0 saturated heterocycles. The minimum absolute atomic E-state index is 0.892. The summed E-state index contributed by atoms with van der Waals surface area (Å²) in [5.41, 5.74) is 7.76. The quantitative estimate of drug-likeness (QED) is 0.694. The van der Waals surface area contributed by atoms with E-state index in [0.29, 0.717) is 0 Å². The lowest BCUT2D eigenvalue weighted by Crippen LogP contribution is -1.92. The van der Waals surface area contributed by atoms with Crippen molar-refractivity contribution < 1.29 is 0 Å². The van der Waals surface area contributed by atoms with Crippen LogP contribution in [0.5, 0.6) is 0 Å². The molecule has 0 atom stereocenters. The maximum absolute atomic E-state index is 5.72. The zero-order valence-corrected chi connectivity index (χ0v) is 6.82. The summed E-state index contributed by atoms with van der Waals surface area (Å²) in [7, 11) is 0. The third-order valence-electron chi connectivity index (χ3n) is 1.28. The largest absolute Gasteiger partial charge is 0.398 e. The SMILES string of the molecule is CCC=C(N)c1ccsc1. The van der Waals surface area contributed by atoms with Gasteiger partial charge in [0.1, 0.15) is 0 Å². The Balaban J connectivity index is 2.77. The highest BCUT2D eigenvalue weighted by Crippen LogP contribution is 2.12. The smallest absolute Gasteiger partial charge is 0.0355 e. The zero-order valence-electron chi connectivity index (χ0n) is 6.00. The molecule has 0 aliphatic heterocycles. The van der Waals surface area contributed by atoms with E-state index in [0.717, 1.165) is 17.7 Å². The molecule has 0 aliphatic rings. The summed E-state index contributed by atoms with van der Waals surface area (Å²) < 4.78 is 0. The van der Waals surface area contributed by atoms with Gasteiger partial charge in [0.05, 0.1) is 0 Å². The summed E-state index contributed by atoms with van der Waals surface area (Å²) >= 11 is 1.67. The van der Waals surface area contributed by atoms with Gasteiger partial charge in [0, 0.05) is 11.3 Å². The van der Waals surface area contributed by atoms with E-state index in [-0.39, 0.29) is 0 Å². The van der Waals surface area contributed by atoms with Crippen LogP contribution in [-0.2, 0) is 0 Å². The first-order valence-corrected chi connectivity index (χ1v) is 4.27. The van der Waals surface area contributed by atoms with Crippen molar-refractivity contribution >= 4 is 17.0 Å². The molecule has 0 aliphatic carbocycles. The van der Waals surface area contributed by atoms with Gasteiger partial charge in [-0.2, -0.15) is 11.3 Å². The van der Waals surface area contributed by atoms with Gasteiger partial charge in [-0.1, -0.05) is 13.0 Å². The van der Waals surface area contributed by atoms with Crippen molar-refractivity contribution in [3.8, 4) is 0 Å². The second kappa shape index (κ2) is 3.42. The van der Waals surface area contributed by atoms with Crippen molar-refractivity contribution in [2.24, 2.45) is 5.73 Å². The van der Waals surface area contributed by atoms with E-state index in [1.54, 1.807) is 11.3 Å². The summed E-state index contributed by atoms with van der Waals surface area (Å²) in [6.45, 7) is 2.08. The lowest BCUT2D eigenvalue weighted by Gasteiger charge is -1.93. The molecule has 0 saturated carbocycles. The molecule has 10 heavy (non-hydrogen) atoms. The highest BCUT2D eigenvalue weighted by atomic mass is 32.1. The van der Waals surface area contributed by atoms with Gasteiger partial charge in [-0.15, -0.1) is 0 Å². The highest BCUT2D eigenvalue weighted by molar-refractivity contribution is 7.08. The molecule has 0 unspecified atom stereocenters. The number of thiophene rings is 1. The molecule has 0 aromatic carbocycles. The molecular formula is C8H11NS. The summed E-state index contributed by atoms with van der Waals surface area (Å²) in [6, 6.07) is 2.03. The molecular weight excluding hydrogens is 142 g/mol. The van der Waals surface area contributed by atoms with Gasteiger partial charge in [-0.25, -0.2) is 0 Å². The molecule has 1 heterocycles.